The van der Waals surface area contributed by atoms with E-state index in [2.05, 4.69) is 43.6 Å². The van der Waals surface area contributed by atoms with Crippen LogP contribution in [0.25, 0.3) is 0 Å². The topological polar surface area (TPSA) is 24.1 Å². The molecule has 0 saturated carbocycles. The van der Waals surface area contributed by atoms with E-state index >= 15 is 0 Å². The third kappa shape index (κ3) is 6.69. The van der Waals surface area contributed by atoms with Crippen LogP contribution < -0.4 is 10.6 Å². The maximum Gasteiger partial charge on any atom is 0.00970 e. The Morgan fingerprint density at radius 1 is 1.20 bits per heavy atom. The average molecular weight is 210 g/mol. The summed E-state index contributed by atoms with van der Waals surface area (Å²) in [6, 6.07) is 0. The molecule has 0 heterocycles. The van der Waals surface area contributed by atoms with E-state index in [0.29, 0.717) is 0 Å². The maximum absolute atomic E-state index is 3.53. The van der Waals surface area contributed by atoms with Gasteiger partial charge in [-0.3, -0.25) is 0 Å². The zero-order chi connectivity index (χ0) is 11.1. The van der Waals surface area contributed by atoms with Gasteiger partial charge in [-0.05, 0) is 52.5 Å². The highest BCUT2D eigenvalue weighted by atomic mass is 15.0. The van der Waals surface area contributed by atoms with Gasteiger partial charge in [0.25, 0.3) is 0 Å². The molecule has 1 aliphatic rings. The first-order valence-electron chi connectivity index (χ1n) is 6.19. The summed E-state index contributed by atoms with van der Waals surface area (Å²) in [6.07, 6.45) is 8.52. The van der Waals surface area contributed by atoms with Crippen molar-refractivity contribution in [2.75, 3.05) is 19.6 Å². The van der Waals surface area contributed by atoms with Crippen molar-refractivity contribution < 1.29 is 0 Å². The number of hydrogen-bond acceptors (Lipinski definition) is 2. The molecule has 1 rings (SSSR count). The second-order valence-corrected chi connectivity index (χ2v) is 5.53. The van der Waals surface area contributed by atoms with Gasteiger partial charge in [-0.25, -0.2) is 0 Å². The van der Waals surface area contributed by atoms with Gasteiger partial charge in [0, 0.05) is 18.6 Å². The highest BCUT2D eigenvalue weighted by Gasteiger charge is 2.09. The molecule has 15 heavy (non-hydrogen) atoms. The van der Waals surface area contributed by atoms with Crippen molar-refractivity contribution in [3.8, 4) is 0 Å². The molecule has 0 aromatic heterocycles. The molecule has 2 heteroatoms. The monoisotopic (exact) mass is 210 g/mol. The van der Waals surface area contributed by atoms with Crippen LogP contribution in [0.15, 0.2) is 12.2 Å². The van der Waals surface area contributed by atoms with Gasteiger partial charge in [0.1, 0.15) is 0 Å². The molecule has 2 nitrogen and oxygen atoms in total. The quantitative estimate of drug-likeness (QED) is 0.537. The lowest BCUT2D eigenvalue weighted by molar-refractivity contribution is 0.401. The van der Waals surface area contributed by atoms with Gasteiger partial charge in [0.15, 0.2) is 0 Å². The van der Waals surface area contributed by atoms with Crippen LogP contribution in [0.5, 0.6) is 0 Å². The smallest absolute Gasteiger partial charge is 0.00970 e. The average Bonchev–Trinajstić information content (AvgIpc) is 2.17. The molecule has 0 spiro atoms. The van der Waals surface area contributed by atoms with Gasteiger partial charge in [-0.1, -0.05) is 12.2 Å². The third-order valence-electron chi connectivity index (χ3n) is 2.77. The Balaban J connectivity index is 1.95. The molecular formula is C13H26N2. The van der Waals surface area contributed by atoms with Gasteiger partial charge in [-0.2, -0.15) is 0 Å². The van der Waals surface area contributed by atoms with E-state index in [1.807, 2.05) is 0 Å². The van der Waals surface area contributed by atoms with Crippen molar-refractivity contribution in [2.45, 2.75) is 45.6 Å². The summed E-state index contributed by atoms with van der Waals surface area (Å²) >= 11 is 0. The Kier molecular flexibility index (Phi) is 5.34. The SMILES string of the molecule is CC(C)(C)NCCNCC1CC=CCC1. The van der Waals surface area contributed by atoms with Crippen molar-refractivity contribution in [2.24, 2.45) is 5.92 Å². The van der Waals surface area contributed by atoms with Crippen LogP contribution in [0.3, 0.4) is 0 Å². The van der Waals surface area contributed by atoms with Crippen LogP contribution in [-0.2, 0) is 0 Å². The lowest BCUT2D eigenvalue weighted by atomic mass is 9.94. The number of nitrogens with one attached hydrogen (secondary N) is 2. The Morgan fingerprint density at radius 2 is 2.00 bits per heavy atom. The lowest BCUT2D eigenvalue weighted by Gasteiger charge is -2.22. The second-order valence-electron chi connectivity index (χ2n) is 5.53. The molecule has 1 atom stereocenters. The predicted octanol–water partition coefficient (Wildman–Crippen LogP) is 2.32. The molecule has 88 valence electrons. The third-order valence-corrected chi connectivity index (χ3v) is 2.77. The van der Waals surface area contributed by atoms with E-state index < -0.39 is 0 Å². The van der Waals surface area contributed by atoms with E-state index in [1.54, 1.807) is 0 Å². The first-order chi connectivity index (χ1) is 7.08. The molecule has 2 N–H and O–H groups in total. The zero-order valence-electron chi connectivity index (χ0n) is 10.5. The molecule has 0 aromatic carbocycles. The molecule has 0 bridgehead atoms. The standard InChI is InChI=1S/C13H26N2/c1-13(2,3)15-10-9-14-11-12-7-5-4-6-8-12/h4-5,12,14-15H,6-11H2,1-3H3. The van der Waals surface area contributed by atoms with Gasteiger partial charge in [0.05, 0.1) is 0 Å². The first-order valence-corrected chi connectivity index (χ1v) is 6.19. The molecule has 0 saturated heterocycles. The zero-order valence-corrected chi connectivity index (χ0v) is 10.5. The summed E-state index contributed by atoms with van der Waals surface area (Å²) in [7, 11) is 0. The summed E-state index contributed by atoms with van der Waals surface area (Å²) in [5.74, 6) is 0.865. The van der Waals surface area contributed by atoms with Crippen LogP contribution >= 0.6 is 0 Å². The molecule has 0 aromatic rings. The van der Waals surface area contributed by atoms with Gasteiger partial charge in [-0.15, -0.1) is 0 Å². The van der Waals surface area contributed by atoms with Crippen LogP contribution in [0.4, 0.5) is 0 Å². The van der Waals surface area contributed by atoms with Gasteiger partial charge in [0.2, 0.25) is 0 Å². The highest BCUT2D eigenvalue weighted by Crippen LogP contribution is 2.16. The summed E-state index contributed by atoms with van der Waals surface area (Å²) in [4.78, 5) is 0. The van der Waals surface area contributed by atoms with E-state index in [-0.39, 0.29) is 5.54 Å². The molecule has 1 unspecified atom stereocenters. The van der Waals surface area contributed by atoms with Crippen molar-refractivity contribution in [3.63, 3.8) is 0 Å². The Labute approximate surface area is 94.5 Å². The summed E-state index contributed by atoms with van der Waals surface area (Å²) in [5.41, 5.74) is 0.245. The number of hydrogen-bond donors (Lipinski definition) is 2. The molecule has 0 amide bonds. The van der Waals surface area contributed by atoms with Gasteiger partial charge < -0.3 is 10.6 Å². The Morgan fingerprint density at radius 3 is 2.60 bits per heavy atom. The largest absolute Gasteiger partial charge is 0.315 e. The van der Waals surface area contributed by atoms with E-state index in [9.17, 15) is 0 Å². The summed E-state index contributed by atoms with van der Waals surface area (Å²) < 4.78 is 0. The highest BCUT2D eigenvalue weighted by molar-refractivity contribution is 4.90. The molecule has 0 fully saturated rings. The Bertz CT molecular complexity index is 191. The van der Waals surface area contributed by atoms with Crippen molar-refractivity contribution in [3.05, 3.63) is 12.2 Å². The molecule has 0 radical (unpaired) electrons. The van der Waals surface area contributed by atoms with E-state index in [4.69, 9.17) is 0 Å². The van der Waals surface area contributed by atoms with Crippen LogP contribution in [-0.4, -0.2) is 25.2 Å². The minimum absolute atomic E-state index is 0.245. The van der Waals surface area contributed by atoms with Crippen molar-refractivity contribution in [1.82, 2.24) is 10.6 Å². The molecular weight excluding hydrogens is 184 g/mol. The normalized spacial score (nSPS) is 21.9. The number of allylic oxidation sites excluding steroid dienone is 2. The minimum atomic E-state index is 0.245. The minimum Gasteiger partial charge on any atom is -0.315 e. The second kappa shape index (κ2) is 6.29. The molecule has 1 aliphatic carbocycles. The fourth-order valence-corrected chi connectivity index (χ4v) is 1.87. The molecule has 0 aliphatic heterocycles. The fourth-order valence-electron chi connectivity index (χ4n) is 1.87. The van der Waals surface area contributed by atoms with E-state index in [1.165, 1.54) is 25.8 Å². The predicted molar refractivity (Wildman–Crippen MR) is 67.1 cm³/mol. The number of rotatable bonds is 5. The van der Waals surface area contributed by atoms with Gasteiger partial charge >= 0.3 is 0 Å². The lowest BCUT2D eigenvalue weighted by Crippen LogP contribution is -2.40. The first kappa shape index (κ1) is 12.7. The maximum atomic E-state index is 3.53. The Hall–Kier alpha value is -0.340. The van der Waals surface area contributed by atoms with Crippen LogP contribution in [0.2, 0.25) is 0 Å². The summed E-state index contributed by atoms with van der Waals surface area (Å²) in [5, 5.41) is 7.01. The van der Waals surface area contributed by atoms with Crippen LogP contribution in [0, 0.1) is 5.92 Å². The van der Waals surface area contributed by atoms with Crippen molar-refractivity contribution >= 4 is 0 Å². The van der Waals surface area contributed by atoms with Crippen LogP contribution in [0.1, 0.15) is 40.0 Å². The fraction of sp³-hybridized carbons (Fsp3) is 0.846. The summed E-state index contributed by atoms with van der Waals surface area (Å²) in [6.45, 7) is 9.94. The van der Waals surface area contributed by atoms with Crippen molar-refractivity contribution in [1.29, 1.82) is 0 Å². The van der Waals surface area contributed by atoms with E-state index in [0.717, 1.165) is 19.0 Å².